The number of anilines is 1. The fourth-order valence-corrected chi connectivity index (χ4v) is 2.97. The lowest BCUT2D eigenvalue weighted by Crippen LogP contribution is -2.45. The number of benzene rings is 2. The van der Waals surface area contributed by atoms with Crippen LogP contribution in [0.5, 0.6) is 0 Å². The summed E-state index contributed by atoms with van der Waals surface area (Å²) in [5, 5.41) is 43.9. The predicted molar refractivity (Wildman–Crippen MR) is 115 cm³/mol. The maximum absolute atomic E-state index is 10.7. The third kappa shape index (κ3) is 5.07. The first-order chi connectivity index (χ1) is 14.1. The van der Waals surface area contributed by atoms with Crippen LogP contribution in [0.2, 0.25) is 0 Å². The van der Waals surface area contributed by atoms with Gasteiger partial charge in [-0.05, 0) is 6.07 Å². The molecular formula is C21H24N6O2. The second-order valence-corrected chi connectivity index (χ2v) is 6.38. The van der Waals surface area contributed by atoms with E-state index in [9.17, 15) is 5.11 Å². The lowest BCUT2D eigenvalue weighted by atomic mass is 10.0. The number of rotatable bonds is 7. The first-order valence-electron chi connectivity index (χ1n) is 9.21. The Hall–Kier alpha value is -3.49. The number of nitrogens with zero attached hydrogens (tertiary/aromatic N) is 1. The molecule has 1 heterocycles. The van der Waals surface area contributed by atoms with Gasteiger partial charge in [0.05, 0.1) is 18.0 Å². The smallest absolute Gasteiger partial charge is 0.165 e. The zero-order valence-electron chi connectivity index (χ0n) is 15.8. The molecule has 2 unspecified atom stereocenters. The summed E-state index contributed by atoms with van der Waals surface area (Å²) >= 11 is 0. The van der Waals surface area contributed by atoms with Crippen molar-refractivity contribution in [2.75, 3.05) is 18.5 Å². The number of amidine groups is 1. The van der Waals surface area contributed by atoms with E-state index in [-0.39, 0.29) is 19.0 Å². The Morgan fingerprint density at radius 1 is 1.14 bits per heavy atom. The number of nitrogens with one attached hydrogen (secondary N) is 5. The average Bonchev–Trinajstić information content (AvgIpc) is 2.88. The largest absolute Gasteiger partial charge is 0.395 e. The maximum atomic E-state index is 10.7. The highest BCUT2D eigenvalue weighted by molar-refractivity contribution is 6.16. The van der Waals surface area contributed by atoms with Gasteiger partial charge in [-0.15, -0.1) is 0 Å². The minimum absolute atomic E-state index is 0.0260. The zero-order valence-corrected chi connectivity index (χ0v) is 15.8. The van der Waals surface area contributed by atoms with E-state index < -0.39 is 12.4 Å². The van der Waals surface area contributed by atoms with E-state index in [4.69, 9.17) is 20.9 Å². The number of allylic oxidation sites excluding steroid dienone is 1. The van der Waals surface area contributed by atoms with Crippen LogP contribution in [0.15, 0.2) is 71.4 Å². The Labute approximate surface area is 169 Å². The summed E-state index contributed by atoms with van der Waals surface area (Å²) in [4.78, 5) is 4.71. The highest BCUT2D eigenvalue weighted by Crippen LogP contribution is 2.24. The van der Waals surface area contributed by atoms with Crippen LogP contribution in [0, 0.1) is 10.8 Å². The number of aliphatic imine (C=N–C) groups is 1. The van der Waals surface area contributed by atoms with Crippen LogP contribution in [0.25, 0.3) is 0 Å². The van der Waals surface area contributed by atoms with Crippen molar-refractivity contribution >= 4 is 23.4 Å². The molecular weight excluding hydrogens is 368 g/mol. The van der Waals surface area contributed by atoms with Crippen LogP contribution in [0.1, 0.15) is 11.1 Å². The van der Waals surface area contributed by atoms with Crippen molar-refractivity contribution in [3.63, 3.8) is 0 Å². The van der Waals surface area contributed by atoms with E-state index in [2.05, 4.69) is 16.0 Å². The van der Waals surface area contributed by atoms with E-state index in [1.165, 1.54) is 6.08 Å². The molecule has 1 aliphatic rings. The fraction of sp³-hybridized carbons (Fsp3) is 0.190. The quantitative estimate of drug-likeness (QED) is 0.281. The number of para-hydroxylation sites is 1. The predicted octanol–water partition coefficient (Wildman–Crippen LogP) is 1.28. The molecule has 3 rings (SSSR count). The molecule has 2 aromatic carbocycles. The molecule has 0 saturated heterocycles. The monoisotopic (exact) mass is 392 g/mol. The van der Waals surface area contributed by atoms with Crippen LogP contribution < -0.4 is 16.0 Å². The van der Waals surface area contributed by atoms with E-state index >= 15 is 0 Å². The summed E-state index contributed by atoms with van der Waals surface area (Å²) in [5.41, 5.74) is 3.57. The number of aliphatic hydroxyl groups is 2. The lowest BCUT2D eigenvalue weighted by Gasteiger charge is -2.21. The molecule has 0 spiro atoms. The van der Waals surface area contributed by atoms with Gasteiger partial charge in [-0.25, -0.2) is 0 Å². The van der Waals surface area contributed by atoms with Crippen LogP contribution in [-0.2, 0) is 0 Å². The molecule has 0 aromatic heterocycles. The molecule has 1 aliphatic heterocycles. The van der Waals surface area contributed by atoms with Gasteiger partial charge in [-0.2, -0.15) is 0 Å². The van der Waals surface area contributed by atoms with Crippen LogP contribution in [0.3, 0.4) is 0 Å². The third-order valence-corrected chi connectivity index (χ3v) is 4.30. The van der Waals surface area contributed by atoms with Gasteiger partial charge in [0.25, 0.3) is 0 Å². The summed E-state index contributed by atoms with van der Waals surface area (Å²) in [7, 11) is 0. The molecule has 0 radical (unpaired) electrons. The zero-order chi connectivity index (χ0) is 20.6. The van der Waals surface area contributed by atoms with Gasteiger partial charge in [-0.3, -0.25) is 10.4 Å². The minimum atomic E-state index is -1.07. The fourth-order valence-electron chi connectivity index (χ4n) is 2.97. The Bertz CT molecular complexity index is 926. The number of hydrogen-bond donors (Lipinski definition) is 7. The topological polar surface area (TPSA) is 137 Å². The molecule has 0 amide bonds. The Kier molecular flexibility index (Phi) is 6.72. The summed E-state index contributed by atoms with van der Waals surface area (Å²) in [5.74, 6) is -0.0260. The number of benzodiazepines with no additional fused rings is 1. The molecule has 7 N–H and O–H groups in total. The van der Waals surface area contributed by atoms with Crippen molar-refractivity contribution in [2.24, 2.45) is 4.99 Å². The van der Waals surface area contributed by atoms with Crippen molar-refractivity contribution in [2.45, 2.75) is 12.4 Å². The van der Waals surface area contributed by atoms with Crippen molar-refractivity contribution in [1.29, 1.82) is 10.8 Å². The lowest BCUT2D eigenvalue weighted by molar-refractivity contribution is 0.167. The molecule has 29 heavy (non-hydrogen) atoms. The summed E-state index contributed by atoms with van der Waals surface area (Å²) in [6.07, 6.45) is 0.568. The number of hydrogen-bond acceptors (Lipinski definition) is 7. The second-order valence-electron chi connectivity index (χ2n) is 6.38. The van der Waals surface area contributed by atoms with E-state index in [0.29, 0.717) is 11.4 Å². The summed E-state index contributed by atoms with van der Waals surface area (Å²) < 4.78 is 0. The van der Waals surface area contributed by atoms with Gasteiger partial charge in [-0.1, -0.05) is 48.5 Å². The Balaban J connectivity index is 1.92. The first-order valence-corrected chi connectivity index (χ1v) is 9.21. The summed E-state index contributed by atoms with van der Waals surface area (Å²) in [6, 6.07) is 17.3. The highest BCUT2D eigenvalue weighted by Gasteiger charge is 2.26. The molecule has 0 fully saturated rings. The molecule has 2 aromatic rings. The van der Waals surface area contributed by atoms with Crippen molar-refractivity contribution in [3.8, 4) is 0 Å². The van der Waals surface area contributed by atoms with Crippen molar-refractivity contribution in [1.82, 2.24) is 10.6 Å². The van der Waals surface area contributed by atoms with Crippen LogP contribution in [0.4, 0.5) is 5.69 Å². The van der Waals surface area contributed by atoms with Gasteiger partial charge in [0.15, 0.2) is 12.4 Å². The van der Waals surface area contributed by atoms with Gasteiger partial charge < -0.3 is 31.6 Å². The van der Waals surface area contributed by atoms with Gasteiger partial charge in [0.1, 0.15) is 5.84 Å². The minimum Gasteiger partial charge on any atom is -0.395 e. The highest BCUT2D eigenvalue weighted by atomic mass is 16.3. The van der Waals surface area contributed by atoms with Gasteiger partial charge in [0.2, 0.25) is 0 Å². The van der Waals surface area contributed by atoms with E-state index in [0.717, 1.165) is 23.0 Å². The molecule has 0 bridgehead atoms. The van der Waals surface area contributed by atoms with Gasteiger partial charge >= 0.3 is 0 Å². The maximum Gasteiger partial charge on any atom is 0.165 e. The molecule has 2 atom stereocenters. The molecule has 0 saturated carbocycles. The van der Waals surface area contributed by atoms with Crippen LogP contribution >= 0.6 is 0 Å². The van der Waals surface area contributed by atoms with Crippen molar-refractivity contribution in [3.05, 3.63) is 77.5 Å². The normalized spacial score (nSPS) is 18.6. The van der Waals surface area contributed by atoms with Crippen molar-refractivity contribution < 1.29 is 10.2 Å². The molecule has 150 valence electrons. The number of aliphatic hydroxyl groups excluding tert-OH is 2. The first kappa shape index (κ1) is 20.2. The molecule has 8 nitrogen and oxygen atoms in total. The Morgan fingerprint density at radius 3 is 2.59 bits per heavy atom. The van der Waals surface area contributed by atoms with Crippen LogP contribution in [-0.4, -0.2) is 53.5 Å². The molecule has 8 heteroatoms. The molecule has 0 aliphatic carbocycles. The SMILES string of the molecule is N=C/C(=C\C(=N)NC1N=C(c2ccccc2)c2ccccc2NC1O)NCCO. The summed E-state index contributed by atoms with van der Waals surface area (Å²) in [6.45, 7) is 0.188. The Morgan fingerprint density at radius 2 is 1.86 bits per heavy atom. The standard InChI is InChI=1S/C21H24N6O2/c22-13-15(24-10-11-28)12-18(23)26-20-21(29)25-17-9-5-4-8-16(17)19(27-20)14-6-2-1-3-7-14/h1-9,12-13,20-22,24-25,28-29H,10-11H2,(H2,23,26)/b15-12+,22-13?. The van der Waals surface area contributed by atoms with E-state index in [1.807, 2.05) is 54.6 Å². The third-order valence-electron chi connectivity index (χ3n) is 4.30. The van der Waals surface area contributed by atoms with Gasteiger partial charge in [0, 0.05) is 35.6 Å². The second kappa shape index (κ2) is 9.63. The number of fused-ring (bicyclic) bond motifs is 1. The average molecular weight is 392 g/mol. The van der Waals surface area contributed by atoms with E-state index in [1.54, 1.807) is 0 Å².